The number of carbonyl (C=O) groups excluding carboxylic acids is 1. The van der Waals surface area contributed by atoms with Gasteiger partial charge in [0.25, 0.3) is 5.91 Å². The van der Waals surface area contributed by atoms with Gasteiger partial charge in [0.1, 0.15) is 17.8 Å². The second-order valence-electron chi connectivity index (χ2n) is 7.61. The van der Waals surface area contributed by atoms with Gasteiger partial charge in [0.2, 0.25) is 0 Å². The van der Waals surface area contributed by atoms with Crippen molar-refractivity contribution in [3.8, 4) is 0 Å². The van der Waals surface area contributed by atoms with E-state index in [2.05, 4.69) is 43.7 Å². The molecule has 2 aromatic rings. The van der Waals surface area contributed by atoms with Crippen LogP contribution in [0.4, 0.5) is 5.82 Å². The molecule has 1 saturated heterocycles. The molecule has 2 atom stereocenters. The summed E-state index contributed by atoms with van der Waals surface area (Å²) in [5.74, 6) is 0.286. The van der Waals surface area contributed by atoms with Crippen LogP contribution in [0.5, 0.6) is 0 Å². The molecular weight excluding hydrogens is 370 g/mol. The van der Waals surface area contributed by atoms with E-state index in [9.17, 15) is 9.90 Å². The first-order valence-corrected chi connectivity index (χ1v) is 10.1. The quantitative estimate of drug-likeness (QED) is 0.636. The average molecular weight is 397 g/mol. The number of benzene rings is 1. The van der Waals surface area contributed by atoms with Crippen LogP contribution >= 0.6 is 0 Å². The normalized spacial score (nSPS) is 20.1. The van der Waals surface area contributed by atoms with E-state index >= 15 is 0 Å². The molecule has 8 heteroatoms. The maximum atomic E-state index is 12.4. The van der Waals surface area contributed by atoms with Crippen LogP contribution in [0.2, 0.25) is 0 Å². The van der Waals surface area contributed by atoms with Crippen LogP contribution in [-0.4, -0.2) is 70.9 Å². The number of nitrogens with one attached hydrogen (secondary N) is 2. The second-order valence-corrected chi connectivity index (χ2v) is 7.61. The van der Waals surface area contributed by atoms with Gasteiger partial charge in [0.15, 0.2) is 0 Å². The van der Waals surface area contributed by atoms with E-state index in [0.29, 0.717) is 19.0 Å². The van der Waals surface area contributed by atoms with Crippen LogP contribution in [0.25, 0.3) is 0 Å². The first-order valence-electron chi connectivity index (χ1n) is 10.1. The van der Waals surface area contributed by atoms with Crippen molar-refractivity contribution in [1.82, 2.24) is 20.2 Å². The SMILES string of the molecule is O=C(NC[C@H](O)CN1CCc2ccccc2C1)c1cc(N[C@@H]2CCOC2)ncn1. The molecule has 2 aliphatic heterocycles. The minimum absolute atomic E-state index is 0.181. The molecule has 3 N–H and O–H groups in total. The smallest absolute Gasteiger partial charge is 0.270 e. The summed E-state index contributed by atoms with van der Waals surface area (Å²) < 4.78 is 5.34. The molecule has 0 spiro atoms. The van der Waals surface area contributed by atoms with Gasteiger partial charge in [-0.05, 0) is 24.0 Å². The molecule has 1 fully saturated rings. The molecule has 3 heterocycles. The second kappa shape index (κ2) is 9.30. The first kappa shape index (κ1) is 19.8. The molecule has 154 valence electrons. The molecule has 1 aromatic carbocycles. The summed E-state index contributed by atoms with van der Waals surface area (Å²) in [6, 6.07) is 10.2. The van der Waals surface area contributed by atoms with Gasteiger partial charge < -0.3 is 20.5 Å². The lowest BCUT2D eigenvalue weighted by Gasteiger charge is -2.30. The minimum atomic E-state index is -0.640. The highest BCUT2D eigenvalue weighted by atomic mass is 16.5. The Kier molecular flexibility index (Phi) is 6.33. The van der Waals surface area contributed by atoms with Crippen molar-refractivity contribution in [2.24, 2.45) is 0 Å². The number of aromatic nitrogens is 2. The zero-order chi connectivity index (χ0) is 20.1. The Labute approximate surface area is 170 Å². The van der Waals surface area contributed by atoms with Crippen molar-refractivity contribution in [2.75, 3.05) is 38.2 Å². The monoisotopic (exact) mass is 397 g/mol. The Morgan fingerprint density at radius 1 is 1.31 bits per heavy atom. The van der Waals surface area contributed by atoms with Gasteiger partial charge >= 0.3 is 0 Å². The standard InChI is InChI=1S/C21H27N5O3/c27-18(12-26-7-5-15-3-1-2-4-16(15)11-26)10-22-21(28)19-9-20(24-14-23-19)25-17-6-8-29-13-17/h1-4,9,14,17-18,27H,5-8,10-13H2,(H,22,28)(H,23,24,25)/t17-,18+/m1/s1. The Morgan fingerprint density at radius 3 is 3.00 bits per heavy atom. The summed E-state index contributed by atoms with van der Waals surface area (Å²) in [5, 5.41) is 16.4. The fourth-order valence-electron chi connectivity index (χ4n) is 3.79. The third-order valence-corrected chi connectivity index (χ3v) is 5.36. The minimum Gasteiger partial charge on any atom is -0.390 e. The lowest BCUT2D eigenvalue weighted by molar-refractivity contribution is 0.0838. The highest BCUT2D eigenvalue weighted by Crippen LogP contribution is 2.18. The number of β-amino-alcohol motifs (C(OH)–C–C–N with tert-alkyl or cyclic N) is 1. The number of aliphatic hydroxyl groups excluding tert-OH is 1. The maximum Gasteiger partial charge on any atom is 0.270 e. The summed E-state index contributed by atoms with van der Waals surface area (Å²) in [7, 11) is 0. The molecule has 1 amide bonds. The van der Waals surface area contributed by atoms with Crippen LogP contribution in [0.15, 0.2) is 36.7 Å². The molecule has 0 radical (unpaired) electrons. The highest BCUT2D eigenvalue weighted by molar-refractivity contribution is 5.92. The lowest BCUT2D eigenvalue weighted by atomic mass is 10.00. The zero-order valence-electron chi connectivity index (χ0n) is 16.4. The third kappa shape index (κ3) is 5.29. The highest BCUT2D eigenvalue weighted by Gasteiger charge is 2.20. The number of amides is 1. The molecule has 1 aromatic heterocycles. The molecule has 2 aliphatic rings. The van der Waals surface area contributed by atoms with E-state index in [0.717, 1.165) is 32.5 Å². The maximum absolute atomic E-state index is 12.4. The van der Waals surface area contributed by atoms with Crippen LogP contribution in [-0.2, 0) is 17.7 Å². The Hall–Kier alpha value is -2.55. The van der Waals surface area contributed by atoms with Gasteiger partial charge in [-0.3, -0.25) is 9.69 Å². The van der Waals surface area contributed by atoms with E-state index in [1.165, 1.54) is 17.5 Å². The van der Waals surface area contributed by atoms with Gasteiger partial charge in [0.05, 0.1) is 18.8 Å². The zero-order valence-corrected chi connectivity index (χ0v) is 16.4. The van der Waals surface area contributed by atoms with Crippen molar-refractivity contribution < 1.29 is 14.6 Å². The number of hydrogen-bond donors (Lipinski definition) is 3. The topological polar surface area (TPSA) is 99.6 Å². The Balaban J connectivity index is 1.25. The number of fused-ring (bicyclic) bond motifs is 1. The number of ether oxygens (including phenoxy) is 1. The predicted octanol–water partition coefficient (Wildman–Crippen LogP) is 0.826. The molecule has 0 unspecified atom stereocenters. The molecular formula is C21H27N5O3. The van der Waals surface area contributed by atoms with Crippen LogP contribution in [0.3, 0.4) is 0 Å². The van der Waals surface area contributed by atoms with Crippen molar-refractivity contribution >= 4 is 11.7 Å². The van der Waals surface area contributed by atoms with E-state index in [1.54, 1.807) is 6.07 Å². The van der Waals surface area contributed by atoms with Crippen LogP contribution in [0, 0.1) is 0 Å². The van der Waals surface area contributed by atoms with E-state index < -0.39 is 6.10 Å². The fraction of sp³-hybridized carbons (Fsp3) is 0.476. The number of anilines is 1. The van der Waals surface area contributed by atoms with Gasteiger partial charge in [0, 0.05) is 38.9 Å². The van der Waals surface area contributed by atoms with Gasteiger partial charge in [-0.1, -0.05) is 24.3 Å². The average Bonchev–Trinajstić information content (AvgIpc) is 3.25. The summed E-state index contributed by atoms with van der Waals surface area (Å²) in [6.45, 7) is 3.81. The summed E-state index contributed by atoms with van der Waals surface area (Å²) in [4.78, 5) is 22.8. The molecule has 29 heavy (non-hydrogen) atoms. The third-order valence-electron chi connectivity index (χ3n) is 5.36. The van der Waals surface area contributed by atoms with E-state index in [4.69, 9.17) is 4.74 Å². The van der Waals surface area contributed by atoms with Gasteiger partial charge in [-0.25, -0.2) is 9.97 Å². The Morgan fingerprint density at radius 2 is 2.17 bits per heavy atom. The van der Waals surface area contributed by atoms with Gasteiger partial charge in [-0.2, -0.15) is 0 Å². The number of aliphatic hydroxyl groups is 1. The van der Waals surface area contributed by atoms with Crippen molar-refractivity contribution in [1.29, 1.82) is 0 Å². The predicted molar refractivity (Wildman–Crippen MR) is 109 cm³/mol. The van der Waals surface area contributed by atoms with Crippen molar-refractivity contribution in [3.63, 3.8) is 0 Å². The van der Waals surface area contributed by atoms with Crippen molar-refractivity contribution in [3.05, 3.63) is 53.5 Å². The number of rotatable bonds is 7. The van der Waals surface area contributed by atoms with Crippen molar-refractivity contribution in [2.45, 2.75) is 31.5 Å². The molecule has 0 bridgehead atoms. The molecule has 0 aliphatic carbocycles. The number of carbonyl (C=O) groups is 1. The number of nitrogens with zero attached hydrogens (tertiary/aromatic N) is 3. The summed E-state index contributed by atoms with van der Waals surface area (Å²) >= 11 is 0. The first-order chi connectivity index (χ1) is 14.2. The van der Waals surface area contributed by atoms with Crippen LogP contribution in [0.1, 0.15) is 28.0 Å². The lowest BCUT2D eigenvalue weighted by Crippen LogP contribution is -2.42. The fourth-order valence-corrected chi connectivity index (χ4v) is 3.79. The summed E-state index contributed by atoms with van der Waals surface area (Å²) in [5.41, 5.74) is 2.97. The summed E-state index contributed by atoms with van der Waals surface area (Å²) in [6.07, 6.45) is 2.63. The molecule has 0 saturated carbocycles. The Bertz CT molecular complexity index is 841. The molecule has 8 nitrogen and oxygen atoms in total. The van der Waals surface area contributed by atoms with E-state index in [-0.39, 0.29) is 24.2 Å². The van der Waals surface area contributed by atoms with E-state index in [1.807, 2.05) is 6.07 Å². The largest absolute Gasteiger partial charge is 0.390 e. The van der Waals surface area contributed by atoms with Crippen LogP contribution < -0.4 is 10.6 Å². The number of hydrogen-bond acceptors (Lipinski definition) is 7. The molecule has 4 rings (SSSR count). The van der Waals surface area contributed by atoms with Gasteiger partial charge in [-0.15, -0.1) is 0 Å².